The smallest absolute Gasteiger partial charge is 0.319 e. The number of benzene rings is 2. The minimum Gasteiger partial charge on any atom is -0.337 e. The molecule has 0 saturated carbocycles. The van der Waals surface area contributed by atoms with E-state index in [1.807, 2.05) is 18.2 Å². The lowest BCUT2D eigenvalue weighted by atomic mass is 10.2. The molecular formula is C20H24N4O4S. The summed E-state index contributed by atoms with van der Waals surface area (Å²) in [5, 5.41) is 7.97. The zero-order valence-electron chi connectivity index (χ0n) is 15.9. The summed E-state index contributed by atoms with van der Waals surface area (Å²) in [5.41, 5.74) is 1.80. The van der Waals surface area contributed by atoms with Gasteiger partial charge in [0.25, 0.3) is 0 Å². The summed E-state index contributed by atoms with van der Waals surface area (Å²) in [4.78, 5) is 23.7. The summed E-state index contributed by atoms with van der Waals surface area (Å²) in [6.45, 7) is 3.82. The molecular weight excluding hydrogens is 392 g/mol. The lowest BCUT2D eigenvalue weighted by molar-refractivity contribution is -0.116. The van der Waals surface area contributed by atoms with Crippen LogP contribution in [0.4, 0.5) is 16.2 Å². The van der Waals surface area contributed by atoms with Crippen LogP contribution in [0.15, 0.2) is 67.3 Å². The van der Waals surface area contributed by atoms with Crippen molar-refractivity contribution < 1.29 is 18.0 Å². The number of hydrogen-bond donors (Lipinski definition) is 4. The zero-order valence-corrected chi connectivity index (χ0v) is 16.7. The molecule has 0 aliphatic heterocycles. The van der Waals surface area contributed by atoms with Crippen LogP contribution in [-0.4, -0.2) is 33.4 Å². The molecule has 0 atom stereocenters. The highest BCUT2D eigenvalue weighted by Gasteiger charge is 2.10. The fourth-order valence-corrected chi connectivity index (χ4v) is 3.46. The molecule has 0 fully saturated rings. The van der Waals surface area contributed by atoms with Gasteiger partial charge in [0, 0.05) is 30.9 Å². The van der Waals surface area contributed by atoms with Crippen molar-refractivity contribution in [2.24, 2.45) is 0 Å². The Morgan fingerprint density at radius 1 is 0.931 bits per heavy atom. The van der Waals surface area contributed by atoms with Crippen LogP contribution in [0.5, 0.6) is 0 Å². The molecule has 0 aliphatic carbocycles. The van der Waals surface area contributed by atoms with Gasteiger partial charge in [-0.3, -0.25) is 4.79 Å². The van der Waals surface area contributed by atoms with Crippen molar-refractivity contribution in [1.29, 1.82) is 0 Å². The molecule has 29 heavy (non-hydrogen) atoms. The number of nitrogens with one attached hydrogen (secondary N) is 4. The van der Waals surface area contributed by atoms with Gasteiger partial charge in [-0.05, 0) is 29.8 Å². The van der Waals surface area contributed by atoms with E-state index in [1.54, 1.807) is 36.4 Å². The molecule has 0 saturated heterocycles. The molecule has 2 aromatic carbocycles. The predicted molar refractivity (Wildman–Crippen MR) is 114 cm³/mol. The number of sulfonamides is 1. The van der Waals surface area contributed by atoms with Crippen molar-refractivity contribution in [1.82, 2.24) is 10.0 Å². The highest BCUT2D eigenvalue weighted by Crippen LogP contribution is 2.12. The first kappa shape index (κ1) is 22.1. The lowest BCUT2D eigenvalue weighted by Crippen LogP contribution is -2.31. The number of carbonyl (C=O) groups is 2. The van der Waals surface area contributed by atoms with Crippen LogP contribution in [-0.2, 0) is 20.6 Å². The molecule has 0 aliphatic rings. The number of carbonyl (C=O) groups excluding carboxylic acids is 2. The fourth-order valence-electron chi connectivity index (χ4n) is 2.35. The normalized spacial score (nSPS) is 10.8. The number of amides is 3. The van der Waals surface area contributed by atoms with Crippen LogP contribution in [0.25, 0.3) is 0 Å². The van der Waals surface area contributed by atoms with Crippen LogP contribution < -0.4 is 20.7 Å². The summed E-state index contributed by atoms with van der Waals surface area (Å²) >= 11 is 0. The second-order valence-corrected chi connectivity index (χ2v) is 7.95. The van der Waals surface area contributed by atoms with Gasteiger partial charge >= 0.3 is 6.03 Å². The van der Waals surface area contributed by atoms with E-state index in [4.69, 9.17) is 0 Å². The maximum absolute atomic E-state index is 12.0. The van der Waals surface area contributed by atoms with Crippen molar-refractivity contribution in [2.45, 2.75) is 12.2 Å². The van der Waals surface area contributed by atoms with Gasteiger partial charge in [0.05, 0.1) is 5.75 Å². The summed E-state index contributed by atoms with van der Waals surface area (Å²) in [7, 11) is -3.43. The Morgan fingerprint density at radius 2 is 1.59 bits per heavy atom. The predicted octanol–water partition coefficient (Wildman–Crippen LogP) is 2.44. The van der Waals surface area contributed by atoms with E-state index >= 15 is 0 Å². The molecule has 0 bridgehead atoms. The lowest BCUT2D eigenvalue weighted by Gasteiger charge is -2.09. The molecule has 2 rings (SSSR count). The third kappa shape index (κ3) is 8.58. The van der Waals surface area contributed by atoms with E-state index in [2.05, 4.69) is 27.3 Å². The minimum atomic E-state index is -3.43. The third-order valence-corrected chi connectivity index (χ3v) is 5.03. The highest BCUT2D eigenvalue weighted by molar-refractivity contribution is 7.88. The van der Waals surface area contributed by atoms with Gasteiger partial charge in [-0.1, -0.05) is 36.4 Å². The van der Waals surface area contributed by atoms with Crippen LogP contribution in [0.3, 0.4) is 0 Å². The average molecular weight is 417 g/mol. The fraction of sp³-hybridized carbons (Fsp3) is 0.200. The first-order valence-electron chi connectivity index (χ1n) is 8.95. The largest absolute Gasteiger partial charge is 0.337 e. The topological polar surface area (TPSA) is 116 Å². The van der Waals surface area contributed by atoms with E-state index < -0.39 is 10.0 Å². The Balaban J connectivity index is 1.73. The molecule has 0 radical (unpaired) electrons. The Bertz CT molecular complexity index is 929. The highest BCUT2D eigenvalue weighted by atomic mass is 32.2. The van der Waals surface area contributed by atoms with Gasteiger partial charge in [-0.15, -0.1) is 6.58 Å². The molecule has 154 valence electrons. The van der Waals surface area contributed by atoms with Crippen molar-refractivity contribution in [3.8, 4) is 0 Å². The van der Waals surface area contributed by atoms with Crippen molar-refractivity contribution in [3.05, 3.63) is 72.8 Å². The van der Waals surface area contributed by atoms with Crippen molar-refractivity contribution >= 4 is 33.3 Å². The molecule has 0 unspecified atom stereocenters. The second kappa shape index (κ2) is 11.0. The molecule has 8 nitrogen and oxygen atoms in total. The van der Waals surface area contributed by atoms with E-state index in [9.17, 15) is 18.0 Å². The summed E-state index contributed by atoms with van der Waals surface area (Å²) in [6.07, 6.45) is 1.57. The summed E-state index contributed by atoms with van der Waals surface area (Å²) in [5.74, 6) is -0.423. The Morgan fingerprint density at radius 3 is 2.24 bits per heavy atom. The maximum Gasteiger partial charge on any atom is 0.319 e. The standard InChI is InChI=1S/C20H24N4O4S/c1-2-13-22-29(27,28)15-16-8-10-18(11-9-16)23-19(25)12-14-21-20(26)24-17-6-4-3-5-7-17/h2-11,22H,1,12-15H2,(H,23,25)(H2,21,24,26). The van der Waals surface area contributed by atoms with Gasteiger partial charge in [-0.2, -0.15) is 0 Å². The Labute approximate surface area is 170 Å². The molecule has 3 amide bonds. The van der Waals surface area contributed by atoms with E-state index in [-0.39, 0.29) is 37.2 Å². The first-order chi connectivity index (χ1) is 13.9. The first-order valence-corrected chi connectivity index (χ1v) is 10.6. The van der Waals surface area contributed by atoms with Gasteiger partial charge < -0.3 is 16.0 Å². The van der Waals surface area contributed by atoms with Crippen LogP contribution in [0, 0.1) is 0 Å². The molecule has 4 N–H and O–H groups in total. The Kier molecular flexibility index (Phi) is 8.38. The number of urea groups is 1. The summed E-state index contributed by atoms with van der Waals surface area (Å²) < 4.78 is 26.1. The molecule has 0 heterocycles. The monoisotopic (exact) mass is 416 g/mol. The van der Waals surface area contributed by atoms with Gasteiger partial charge in [-0.25, -0.2) is 17.9 Å². The van der Waals surface area contributed by atoms with Crippen molar-refractivity contribution in [2.75, 3.05) is 23.7 Å². The zero-order chi connectivity index (χ0) is 21.1. The number of rotatable bonds is 10. The van der Waals surface area contributed by atoms with Crippen LogP contribution in [0.1, 0.15) is 12.0 Å². The number of para-hydroxylation sites is 1. The Hall–Kier alpha value is -3.17. The van der Waals surface area contributed by atoms with E-state index in [1.165, 1.54) is 6.08 Å². The molecule has 0 spiro atoms. The molecule has 2 aromatic rings. The van der Waals surface area contributed by atoms with Gasteiger partial charge in [0.1, 0.15) is 0 Å². The van der Waals surface area contributed by atoms with E-state index in [0.29, 0.717) is 16.9 Å². The van der Waals surface area contributed by atoms with Crippen molar-refractivity contribution in [3.63, 3.8) is 0 Å². The SMILES string of the molecule is C=CCNS(=O)(=O)Cc1ccc(NC(=O)CCNC(=O)Nc2ccccc2)cc1. The molecule has 9 heteroatoms. The molecule has 0 aromatic heterocycles. The minimum absolute atomic E-state index is 0.101. The number of hydrogen-bond acceptors (Lipinski definition) is 4. The maximum atomic E-state index is 12.0. The van der Waals surface area contributed by atoms with Crippen LogP contribution >= 0.6 is 0 Å². The number of anilines is 2. The quantitative estimate of drug-likeness (QED) is 0.445. The third-order valence-electron chi connectivity index (χ3n) is 3.71. The van der Waals surface area contributed by atoms with E-state index in [0.717, 1.165) is 0 Å². The summed E-state index contributed by atoms with van der Waals surface area (Å²) in [6, 6.07) is 15.1. The van der Waals surface area contributed by atoms with Gasteiger partial charge in [0.15, 0.2) is 0 Å². The average Bonchev–Trinajstić information content (AvgIpc) is 2.68. The second-order valence-electron chi connectivity index (χ2n) is 6.14. The van der Waals surface area contributed by atoms with Crippen LogP contribution in [0.2, 0.25) is 0 Å². The van der Waals surface area contributed by atoms with Gasteiger partial charge in [0.2, 0.25) is 15.9 Å².